The minimum Gasteiger partial charge on any atom is -0.465 e. The molecule has 5 heterocycles. The van der Waals surface area contributed by atoms with Gasteiger partial charge in [0, 0.05) is 70.2 Å². The Balaban J connectivity index is 1.34. The third kappa shape index (κ3) is 3.43. The van der Waals surface area contributed by atoms with Gasteiger partial charge in [-0.25, -0.2) is 0 Å². The van der Waals surface area contributed by atoms with Crippen LogP contribution in [0.4, 0.5) is 11.1 Å². The standard InChI is InChI=1S/C21H29N5O3S/c1-14(7-15-5-4-6-28-15)8-25-10-18-16(11-27)17-9-26(13-21(17,12-25)29-18)20-22-19(23-30-20)24(2)3/h4-7,16-18,27H,8-13H2,1-3H3/b14-7+/t16-,17+,18+,21+/m0/s1. The molecule has 3 saturated heterocycles. The second-order valence-electron chi connectivity index (χ2n) is 9.00. The van der Waals surface area contributed by atoms with Crippen LogP contribution in [-0.4, -0.2) is 84.5 Å². The highest BCUT2D eigenvalue weighted by atomic mass is 32.1. The number of nitrogens with zero attached hydrogens (tertiary/aromatic N) is 5. The first-order valence-corrected chi connectivity index (χ1v) is 11.2. The number of likely N-dealkylation sites (tertiary alicyclic amines) is 1. The Labute approximate surface area is 180 Å². The van der Waals surface area contributed by atoms with Gasteiger partial charge in [-0.05, 0) is 25.1 Å². The molecule has 3 fully saturated rings. The lowest BCUT2D eigenvalue weighted by Crippen LogP contribution is -2.54. The zero-order valence-electron chi connectivity index (χ0n) is 17.7. The Kier molecular flexibility index (Phi) is 5.09. The van der Waals surface area contributed by atoms with E-state index in [0.29, 0.717) is 5.92 Å². The van der Waals surface area contributed by atoms with Crippen molar-refractivity contribution in [3.8, 4) is 0 Å². The maximum Gasteiger partial charge on any atom is 0.238 e. The number of hydrogen-bond acceptors (Lipinski definition) is 9. The lowest BCUT2D eigenvalue weighted by atomic mass is 9.83. The Hall–Kier alpha value is -1.94. The first kappa shape index (κ1) is 20.0. The Morgan fingerprint density at radius 1 is 1.40 bits per heavy atom. The van der Waals surface area contributed by atoms with Gasteiger partial charge in [0.25, 0.3) is 0 Å². The molecule has 3 aliphatic heterocycles. The quantitative estimate of drug-likeness (QED) is 0.742. The Morgan fingerprint density at radius 3 is 2.97 bits per heavy atom. The van der Waals surface area contributed by atoms with Crippen LogP contribution >= 0.6 is 11.5 Å². The van der Waals surface area contributed by atoms with Gasteiger partial charge >= 0.3 is 0 Å². The van der Waals surface area contributed by atoms with Gasteiger partial charge in [-0.15, -0.1) is 0 Å². The normalized spacial score (nSPS) is 31.4. The molecule has 2 aromatic heterocycles. The van der Waals surface area contributed by atoms with Gasteiger partial charge in [-0.2, -0.15) is 9.36 Å². The van der Waals surface area contributed by atoms with E-state index >= 15 is 0 Å². The molecule has 0 aliphatic carbocycles. The van der Waals surface area contributed by atoms with Gasteiger partial charge < -0.3 is 24.1 Å². The van der Waals surface area contributed by atoms with Crippen molar-refractivity contribution in [2.24, 2.45) is 11.8 Å². The number of morpholine rings is 1. The highest BCUT2D eigenvalue weighted by molar-refractivity contribution is 7.09. The van der Waals surface area contributed by atoms with E-state index in [0.717, 1.165) is 49.6 Å². The summed E-state index contributed by atoms with van der Waals surface area (Å²) < 4.78 is 16.5. The van der Waals surface area contributed by atoms with Crippen molar-refractivity contribution >= 4 is 28.7 Å². The zero-order chi connectivity index (χ0) is 20.9. The van der Waals surface area contributed by atoms with Gasteiger partial charge in [0.15, 0.2) is 0 Å². The summed E-state index contributed by atoms with van der Waals surface area (Å²) in [4.78, 5) is 11.4. The number of hydrogen-bond donors (Lipinski definition) is 1. The molecule has 162 valence electrons. The van der Waals surface area contributed by atoms with Crippen molar-refractivity contribution in [2.75, 3.05) is 63.2 Å². The Morgan fingerprint density at radius 2 is 2.27 bits per heavy atom. The van der Waals surface area contributed by atoms with E-state index in [1.165, 1.54) is 17.1 Å². The number of anilines is 2. The van der Waals surface area contributed by atoms with E-state index in [4.69, 9.17) is 9.15 Å². The fourth-order valence-electron chi connectivity index (χ4n) is 5.33. The summed E-state index contributed by atoms with van der Waals surface area (Å²) in [6.07, 6.45) is 3.88. The van der Waals surface area contributed by atoms with E-state index in [1.54, 1.807) is 6.26 Å². The molecule has 9 heteroatoms. The van der Waals surface area contributed by atoms with Crippen LogP contribution < -0.4 is 9.80 Å². The van der Waals surface area contributed by atoms with Crippen molar-refractivity contribution in [3.05, 3.63) is 29.7 Å². The number of rotatable bonds is 6. The van der Waals surface area contributed by atoms with Crippen molar-refractivity contribution in [2.45, 2.75) is 18.6 Å². The van der Waals surface area contributed by atoms with E-state index in [1.807, 2.05) is 31.1 Å². The van der Waals surface area contributed by atoms with Crippen LogP contribution in [0.5, 0.6) is 0 Å². The van der Waals surface area contributed by atoms with Gasteiger partial charge in [0.1, 0.15) is 11.4 Å². The van der Waals surface area contributed by atoms with E-state index in [9.17, 15) is 5.11 Å². The predicted octanol–water partition coefficient (Wildman–Crippen LogP) is 1.80. The molecule has 2 bridgehead atoms. The zero-order valence-corrected chi connectivity index (χ0v) is 18.5. The molecule has 0 aromatic carbocycles. The van der Waals surface area contributed by atoms with E-state index < -0.39 is 0 Å². The molecule has 0 radical (unpaired) electrons. The Bertz CT molecular complexity index is 914. The maximum absolute atomic E-state index is 10.2. The molecule has 5 rings (SSSR count). The topological polar surface area (TPSA) is 78.1 Å². The number of aromatic nitrogens is 2. The third-order valence-electron chi connectivity index (χ3n) is 6.55. The average Bonchev–Trinajstić information content (AvgIpc) is 3.45. The fourth-order valence-corrected chi connectivity index (χ4v) is 6.07. The first-order chi connectivity index (χ1) is 14.5. The number of fused-ring (bicyclic) bond motifs is 1. The van der Waals surface area contributed by atoms with Crippen LogP contribution in [0.25, 0.3) is 6.08 Å². The SMILES string of the molecule is C/C(=C\c1ccco1)CN1C[C@H]2O[C@]3(C1)CN(c1nc(N(C)C)ns1)C[C@@H]3[C@@H]2CO. The molecule has 30 heavy (non-hydrogen) atoms. The van der Waals surface area contributed by atoms with E-state index in [-0.39, 0.29) is 24.2 Å². The fraction of sp³-hybridized carbons (Fsp3) is 0.619. The molecule has 0 amide bonds. The van der Waals surface area contributed by atoms with Gasteiger partial charge in [0.2, 0.25) is 11.1 Å². The summed E-state index contributed by atoms with van der Waals surface area (Å²) in [5.41, 5.74) is 1.000. The maximum atomic E-state index is 10.2. The number of aliphatic hydroxyl groups is 1. The largest absolute Gasteiger partial charge is 0.465 e. The molecular formula is C21H29N5O3S. The number of aliphatic hydroxyl groups excluding tert-OH is 1. The van der Waals surface area contributed by atoms with Crippen molar-refractivity contribution < 1.29 is 14.3 Å². The third-order valence-corrected chi connectivity index (χ3v) is 7.32. The molecule has 2 aromatic rings. The van der Waals surface area contributed by atoms with Crippen LogP contribution in [0.2, 0.25) is 0 Å². The van der Waals surface area contributed by atoms with Crippen molar-refractivity contribution in [1.82, 2.24) is 14.3 Å². The smallest absolute Gasteiger partial charge is 0.238 e. The summed E-state index contributed by atoms with van der Waals surface area (Å²) in [7, 11) is 3.91. The molecular weight excluding hydrogens is 402 g/mol. The highest BCUT2D eigenvalue weighted by Crippen LogP contribution is 2.50. The molecule has 8 nitrogen and oxygen atoms in total. The molecule has 0 saturated carbocycles. The molecule has 1 spiro atoms. The summed E-state index contributed by atoms with van der Waals surface area (Å²) in [6, 6.07) is 3.88. The van der Waals surface area contributed by atoms with Gasteiger partial charge in [-0.1, -0.05) is 5.57 Å². The first-order valence-electron chi connectivity index (χ1n) is 10.4. The lowest BCUT2D eigenvalue weighted by molar-refractivity contribution is -0.108. The molecule has 0 unspecified atom stereocenters. The molecule has 1 N–H and O–H groups in total. The van der Waals surface area contributed by atoms with E-state index in [2.05, 4.69) is 32.2 Å². The second kappa shape index (κ2) is 7.64. The van der Waals surface area contributed by atoms with Crippen LogP contribution in [-0.2, 0) is 4.74 Å². The predicted molar refractivity (Wildman–Crippen MR) is 117 cm³/mol. The highest BCUT2D eigenvalue weighted by Gasteiger charge is 2.62. The minimum atomic E-state index is -0.259. The second-order valence-corrected chi connectivity index (χ2v) is 9.73. The lowest BCUT2D eigenvalue weighted by Gasteiger charge is -2.40. The summed E-state index contributed by atoms with van der Waals surface area (Å²) in [5, 5.41) is 11.1. The van der Waals surface area contributed by atoms with Crippen LogP contribution in [0, 0.1) is 11.8 Å². The minimum absolute atomic E-state index is 0.0825. The van der Waals surface area contributed by atoms with Crippen LogP contribution in [0.15, 0.2) is 28.4 Å². The van der Waals surface area contributed by atoms with Crippen molar-refractivity contribution in [1.29, 1.82) is 0 Å². The number of furan rings is 1. The molecule has 4 atom stereocenters. The molecule has 3 aliphatic rings. The summed E-state index contributed by atoms with van der Waals surface area (Å²) >= 11 is 1.44. The van der Waals surface area contributed by atoms with Gasteiger partial charge in [0.05, 0.1) is 18.9 Å². The van der Waals surface area contributed by atoms with Crippen LogP contribution in [0.3, 0.4) is 0 Å². The average molecular weight is 432 g/mol. The van der Waals surface area contributed by atoms with Gasteiger partial charge in [-0.3, -0.25) is 4.90 Å². The monoisotopic (exact) mass is 431 g/mol. The summed E-state index contributed by atoms with van der Waals surface area (Å²) in [5.74, 6) is 2.09. The van der Waals surface area contributed by atoms with Crippen LogP contribution in [0.1, 0.15) is 12.7 Å². The number of ether oxygens (including phenoxy) is 1. The summed E-state index contributed by atoms with van der Waals surface area (Å²) in [6.45, 7) is 6.56. The van der Waals surface area contributed by atoms with Crippen molar-refractivity contribution in [3.63, 3.8) is 0 Å².